The zero-order chi connectivity index (χ0) is 28.3. The first kappa shape index (κ1) is 28.0. The summed E-state index contributed by atoms with van der Waals surface area (Å²) in [6.45, 7) is 1.95. The molecule has 10 heteroatoms. The summed E-state index contributed by atoms with van der Waals surface area (Å²) in [6, 6.07) is 17.5. The van der Waals surface area contributed by atoms with Crippen molar-refractivity contribution in [3.8, 4) is 11.5 Å². The number of hydrogen-bond donors (Lipinski definition) is 0. The van der Waals surface area contributed by atoms with E-state index >= 15 is 0 Å². The number of benzene rings is 3. The number of urea groups is 1. The van der Waals surface area contributed by atoms with Crippen LogP contribution in [-0.2, 0) is 11.0 Å². The summed E-state index contributed by atoms with van der Waals surface area (Å²) < 4.78 is 46.4. The van der Waals surface area contributed by atoms with Crippen LogP contribution < -0.4 is 9.64 Å². The fraction of sp³-hybridized carbons (Fsp3) is 0.333. The van der Waals surface area contributed by atoms with Gasteiger partial charge in [0.05, 0.1) is 24.7 Å². The number of nitrogens with zero attached hydrogens (tertiary/aromatic N) is 3. The fourth-order valence-corrected chi connectivity index (χ4v) is 5.32. The summed E-state index contributed by atoms with van der Waals surface area (Å²) in [5.74, 6) is 1.00. The Morgan fingerprint density at radius 3 is 2.20 bits per heavy atom. The highest BCUT2D eigenvalue weighted by atomic mass is 35.5. The number of ketones is 1. The van der Waals surface area contributed by atoms with Crippen LogP contribution in [0.4, 0.5) is 23.7 Å². The van der Waals surface area contributed by atoms with Gasteiger partial charge in [-0.15, -0.1) is 0 Å². The Balaban J connectivity index is 1.39. The summed E-state index contributed by atoms with van der Waals surface area (Å²) in [5.41, 5.74) is 0.0428. The number of halogens is 4. The van der Waals surface area contributed by atoms with Crippen LogP contribution in [0.15, 0.2) is 72.8 Å². The molecule has 2 saturated heterocycles. The normalized spacial score (nSPS) is 18.3. The highest BCUT2D eigenvalue weighted by Crippen LogP contribution is 2.38. The molecule has 1 atom stereocenters. The highest BCUT2D eigenvalue weighted by molar-refractivity contribution is 6.30. The third kappa shape index (κ3) is 6.59. The van der Waals surface area contributed by atoms with Gasteiger partial charge < -0.3 is 9.64 Å². The smallest absolute Gasteiger partial charge is 0.416 e. The first-order valence-electron chi connectivity index (χ1n) is 13.2. The molecule has 2 heterocycles. The molecule has 6 nitrogen and oxygen atoms in total. The van der Waals surface area contributed by atoms with E-state index in [1.165, 1.54) is 15.9 Å². The molecule has 210 valence electrons. The van der Waals surface area contributed by atoms with Gasteiger partial charge in [0.15, 0.2) is 5.78 Å². The molecule has 40 heavy (non-hydrogen) atoms. The maximum atomic E-state index is 13.6. The van der Waals surface area contributed by atoms with Crippen molar-refractivity contribution in [2.75, 3.05) is 37.6 Å². The van der Waals surface area contributed by atoms with Gasteiger partial charge in [0.2, 0.25) is 0 Å². The summed E-state index contributed by atoms with van der Waals surface area (Å²) in [5, 5.41) is 0.579. The molecule has 0 spiro atoms. The quantitative estimate of drug-likeness (QED) is 0.287. The maximum absolute atomic E-state index is 13.6. The number of anilines is 1. The van der Waals surface area contributed by atoms with Crippen LogP contribution in [-0.4, -0.2) is 54.3 Å². The Kier molecular flexibility index (Phi) is 8.32. The molecule has 2 fully saturated rings. The van der Waals surface area contributed by atoms with Crippen LogP contribution in [0, 0.1) is 0 Å². The van der Waals surface area contributed by atoms with Crippen molar-refractivity contribution in [1.29, 1.82) is 0 Å². The molecular formula is C30H29ClF3N3O3. The standard InChI is InChI=1S/C30H29ClF3N3O3/c31-23-7-11-26(12-8-23)40-27-13-9-24(10-14-27)37-28(21-5-4-6-22(17-21)30(32,33)34)20-36(29(37)39)19-25(38)18-35-15-2-1-3-16-35/h4-14,17,28H,1-3,15-16,18-20H2. The van der Waals surface area contributed by atoms with Crippen LogP contribution in [0.5, 0.6) is 11.5 Å². The number of carbonyl (C=O) groups excluding carboxylic acids is 2. The van der Waals surface area contributed by atoms with Crippen LogP contribution >= 0.6 is 11.6 Å². The summed E-state index contributed by atoms with van der Waals surface area (Å²) in [6.07, 6.45) is -1.29. The number of alkyl halides is 3. The van der Waals surface area contributed by atoms with Gasteiger partial charge in [-0.3, -0.25) is 14.6 Å². The minimum Gasteiger partial charge on any atom is -0.457 e. The van der Waals surface area contributed by atoms with Gasteiger partial charge in [-0.25, -0.2) is 4.79 Å². The summed E-state index contributed by atoms with van der Waals surface area (Å²) >= 11 is 5.93. The summed E-state index contributed by atoms with van der Waals surface area (Å²) in [4.78, 5) is 31.5. The zero-order valence-electron chi connectivity index (χ0n) is 21.7. The van der Waals surface area contributed by atoms with Crippen molar-refractivity contribution in [3.63, 3.8) is 0 Å². The molecule has 2 aliphatic rings. The number of hydrogen-bond acceptors (Lipinski definition) is 4. The molecule has 0 aliphatic carbocycles. The third-order valence-electron chi connectivity index (χ3n) is 7.16. The van der Waals surface area contributed by atoms with Crippen LogP contribution in [0.25, 0.3) is 0 Å². The van der Waals surface area contributed by atoms with Crippen LogP contribution in [0.3, 0.4) is 0 Å². The fourth-order valence-electron chi connectivity index (χ4n) is 5.20. The van der Waals surface area contributed by atoms with E-state index in [1.807, 2.05) is 0 Å². The molecule has 0 aromatic heterocycles. The van der Waals surface area contributed by atoms with Gasteiger partial charge in [-0.2, -0.15) is 13.2 Å². The number of piperidine rings is 1. The number of Topliss-reactive ketones (excluding diaryl/α,β-unsaturated/α-hetero) is 1. The van der Waals surface area contributed by atoms with E-state index in [1.54, 1.807) is 54.6 Å². The van der Waals surface area contributed by atoms with Gasteiger partial charge in [0.25, 0.3) is 0 Å². The van der Waals surface area contributed by atoms with Crippen molar-refractivity contribution in [2.24, 2.45) is 0 Å². The van der Waals surface area contributed by atoms with E-state index in [2.05, 4.69) is 4.90 Å². The van der Waals surface area contributed by atoms with Crippen molar-refractivity contribution in [2.45, 2.75) is 31.5 Å². The lowest BCUT2D eigenvalue weighted by Gasteiger charge is -2.26. The Labute approximate surface area is 235 Å². The second-order valence-corrected chi connectivity index (χ2v) is 10.5. The molecule has 0 saturated carbocycles. The molecule has 0 radical (unpaired) electrons. The van der Waals surface area contributed by atoms with Gasteiger partial charge in [-0.1, -0.05) is 30.2 Å². The molecule has 1 unspecified atom stereocenters. The molecule has 5 rings (SSSR count). The maximum Gasteiger partial charge on any atom is 0.416 e. The summed E-state index contributed by atoms with van der Waals surface area (Å²) in [7, 11) is 0. The first-order chi connectivity index (χ1) is 19.2. The third-order valence-corrected chi connectivity index (χ3v) is 7.41. The first-order valence-corrected chi connectivity index (χ1v) is 13.6. The monoisotopic (exact) mass is 571 g/mol. The largest absolute Gasteiger partial charge is 0.457 e. The Morgan fingerprint density at radius 1 is 0.900 bits per heavy atom. The molecule has 3 aromatic rings. The Morgan fingerprint density at radius 2 is 1.55 bits per heavy atom. The number of carbonyl (C=O) groups is 2. The number of likely N-dealkylation sites (tertiary alicyclic amines) is 1. The second-order valence-electron chi connectivity index (χ2n) is 10.1. The minimum atomic E-state index is -4.52. The van der Waals surface area contributed by atoms with Crippen molar-refractivity contribution < 1.29 is 27.5 Å². The molecule has 2 aliphatic heterocycles. The average Bonchev–Trinajstić information content (AvgIpc) is 3.26. The van der Waals surface area contributed by atoms with E-state index in [9.17, 15) is 22.8 Å². The van der Waals surface area contributed by atoms with Gasteiger partial charge in [-0.05, 0) is 92.2 Å². The lowest BCUT2D eigenvalue weighted by atomic mass is 10.0. The van der Waals surface area contributed by atoms with Crippen molar-refractivity contribution in [3.05, 3.63) is 88.9 Å². The second kappa shape index (κ2) is 11.9. The van der Waals surface area contributed by atoms with Gasteiger partial charge in [0, 0.05) is 17.3 Å². The van der Waals surface area contributed by atoms with Gasteiger partial charge >= 0.3 is 12.2 Å². The molecule has 3 aromatic carbocycles. The van der Waals surface area contributed by atoms with Gasteiger partial charge in [0.1, 0.15) is 11.5 Å². The Hall–Kier alpha value is -3.56. The number of ether oxygens (including phenoxy) is 1. The average molecular weight is 572 g/mol. The zero-order valence-corrected chi connectivity index (χ0v) is 22.5. The van der Waals surface area contributed by atoms with E-state index in [-0.39, 0.29) is 25.4 Å². The molecule has 0 N–H and O–H groups in total. The van der Waals surface area contributed by atoms with Crippen LogP contribution in [0.1, 0.15) is 36.4 Å². The van der Waals surface area contributed by atoms with E-state index < -0.39 is 23.8 Å². The topological polar surface area (TPSA) is 53.1 Å². The van der Waals surface area contributed by atoms with Crippen molar-refractivity contribution in [1.82, 2.24) is 9.80 Å². The molecule has 0 bridgehead atoms. The Bertz CT molecular complexity index is 1340. The van der Waals surface area contributed by atoms with E-state index in [0.29, 0.717) is 27.8 Å². The SMILES string of the molecule is O=C(CN1CCCCC1)CN1CC(c2cccc(C(F)(F)F)c2)N(c2ccc(Oc3ccc(Cl)cc3)cc2)C1=O. The number of amides is 2. The van der Waals surface area contributed by atoms with Crippen molar-refractivity contribution >= 4 is 29.1 Å². The predicted octanol–water partition coefficient (Wildman–Crippen LogP) is 7.19. The molecular weight excluding hydrogens is 543 g/mol. The van der Waals surface area contributed by atoms with E-state index in [4.69, 9.17) is 16.3 Å². The minimum absolute atomic E-state index is 0.0911. The predicted molar refractivity (Wildman–Crippen MR) is 147 cm³/mol. The van der Waals surface area contributed by atoms with E-state index in [0.717, 1.165) is 44.5 Å². The number of rotatable bonds is 8. The lowest BCUT2D eigenvalue weighted by molar-refractivity contribution is -0.137. The highest BCUT2D eigenvalue weighted by Gasteiger charge is 2.41. The lowest BCUT2D eigenvalue weighted by Crippen LogP contribution is -2.41. The molecule has 2 amide bonds. The van der Waals surface area contributed by atoms with Crippen LogP contribution in [0.2, 0.25) is 5.02 Å².